The fourth-order valence-corrected chi connectivity index (χ4v) is 4.70. The molecule has 0 saturated carbocycles. The van der Waals surface area contributed by atoms with Gasteiger partial charge in [0.15, 0.2) is 0 Å². The molecule has 7 heteroatoms. The van der Waals surface area contributed by atoms with Crippen LogP contribution in [0.2, 0.25) is 0 Å². The van der Waals surface area contributed by atoms with E-state index in [9.17, 15) is 17.6 Å². The highest BCUT2D eigenvalue weighted by Gasteiger charge is 2.30. The highest BCUT2D eigenvalue weighted by Crippen LogP contribution is 2.21. The van der Waals surface area contributed by atoms with E-state index in [1.54, 1.807) is 36.1 Å². The molecular formula is C20H23FN2O3S. The summed E-state index contributed by atoms with van der Waals surface area (Å²) in [6.45, 7) is 4.70. The first-order valence-corrected chi connectivity index (χ1v) is 10.3. The molecular weight excluding hydrogens is 367 g/mol. The molecule has 3 rings (SSSR count). The summed E-state index contributed by atoms with van der Waals surface area (Å²) >= 11 is 0. The Hall–Kier alpha value is -2.25. The summed E-state index contributed by atoms with van der Waals surface area (Å²) in [5.41, 5.74) is 2.41. The van der Waals surface area contributed by atoms with E-state index < -0.39 is 10.0 Å². The molecule has 0 radical (unpaired) electrons. The average Bonchev–Trinajstić information content (AvgIpc) is 2.97. The summed E-state index contributed by atoms with van der Waals surface area (Å²) in [7, 11) is -3.62. The first-order chi connectivity index (χ1) is 12.7. The van der Waals surface area contributed by atoms with Crippen molar-refractivity contribution in [2.24, 2.45) is 5.92 Å². The van der Waals surface area contributed by atoms with Gasteiger partial charge in [0.2, 0.25) is 15.9 Å². The van der Waals surface area contributed by atoms with Crippen molar-refractivity contribution in [1.82, 2.24) is 9.62 Å². The smallest absolute Gasteiger partial charge is 0.240 e. The quantitative estimate of drug-likeness (QED) is 0.825. The van der Waals surface area contributed by atoms with E-state index in [0.29, 0.717) is 25.1 Å². The second-order valence-electron chi connectivity index (χ2n) is 7.09. The van der Waals surface area contributed by atoms with Gasteiger partial charge in [-0.3, -0.25) is 4.79 Å². The molecule has 0 aliphatic carbocycles. The zero-order valence-electron chi connectivity index (χ0n) is 15.4. The van der Waals surface area contributed by atoms with Gasteiger partial charge in [0.05, 0.1) is 4.90 Å². The van der Waals surface area contributed by atoms with Crippen LogP contribution >= 0.6 is 0 Å². The first-order valence-electron chi connectivity index (χ1n) is 8.84. The van der Waals surface area contributed by atoms with Crippen LogP contribution in [0.5, 0.6) is 0 Å². The molecule has 1 amide bonds. The van der Waals surface area contributed by atoms with Gasteiger partial charge in [-0.15, -0.1) is 0 Å². The van der Waals surface area contributed by atoms with Crippen LogP contribution in [0.4, 0.5) is 4.39 Å². The molecule has 0 unspecified atom stereocenters. The topological polar surface area (TPSA) is 66.5 Å². The van der Waals surface area contributed by atoms with Crippen molar-refractivity contribution in [2.75, 3.05) is 13.1 Å². The van der Waals surface area contributed by atoms with Gasteiger partial charge in [0.25, 0.3) is 0 Å². The summed E-state index contributed by atoms with van der Waals surface area (Å²) in [5.74, 6) is -0.418. The Labute approximate surface area is 159 Å². The number of aryl methyl sites for hydroxylation is 2. The third kappa shape index (κ3) is 4.73. The SMILES string of the molecule is Cc1ccc(C)c(S(=O)(=O)NC[C@@H]2CC(=O)N(Cc3ccc(F)cc3)C2)c1. The van der Waals surface area contributed by atoms with E-state index in [1.807, 2.05) is 13.0 Å². The van der Waals surface area contributed by atoms with Crippen molar-refractivity contribution in [3.63, 3.8) is 0 Å². The van der Waals surface area contributed by atoms with Crippen LogP contribution in [0.3, 0.4) is 0 Å². The zero-order valence-corrected chi connectivity index (χ0v) is 16.2. The van der Waals surface area contributed by atoms with Gasteiger partial charge in [-0.05, 0) is 54.7 Å². The number of rotatable bonds is 6. The molecule has 2 aromatic rings. The van der Waals surface area contributed by atoms with Gasteiger partial charge in [-0.25, -0.2) is 17.5 Å². The van der Waals surface area contributed by atoms with Crippen molar-refractivity contribution in [3.8, 4) is 0 Å². The predicted molar refractivity (Wildman–Crippen MR) is 101 cm³/mol. The van der Waals surface area contributed by atoms with Crippen molar-refractivity contribution < 1.29 is 17.6 Å². The van der Waals surface area contributed by atoms with Crippen molar-refractivity contribution >= 4 is 15.9 Å². The highest BCUT2D eigenvalue weighted by atomic mass is 32.2. The van der Waals surface area contributed by atoms with Crippen LogP contribution in [0.1, 0.15) is 23.1 Å². The van der Waals surface area contributed by atoms with Crippen LogP contribution in [0, 0.1) is 25.6 Å². The van der Waals surface area contributed by atoms with E-state index in [0.717, 1.165) is 11.1 Å². The minimum absolute atomic E-state index is 0.0183. The maximum absolute atomic E-state index is 13.0. The first kappa shape index (κ1) is 19.5. The molecule has 144 valence electrons. The van der Waals surface area contributed by atoms with Gasteiger partial charge >= 0.3 is 0 Å². The van der Waals surface area contributed by atoms with E-state index >= 15 is 0 Å². The van der Waals surface area contributed by atoms with Gasteiger partial charge in [-0.1, -0.05) is 24.3 Å². The maximum atomic E-state index is 13.0. The lowest BCUT2D eigenvalue weighted by Crippen LogP contribution is -2.31. The number of likely N-dealkylation sites (tertiary alicyclic amines) is 1. The third-order valence-electron chi connectivity index (χ3n) is 4.78. The van der Waals surface area contributed by atoms with Gasteiger partial charge in [-0.2, -0.15) is 0 Å². The molecule has 0 bridgehead atoms. The Bertz CT molecular complexity index is 942. The van der Waals surface area contributed by atoms with E-state index in [4.69, 9.17) is 0 Å². The summed E-state index contributed by atoms with van der Waals surface area (Å²) < 4.78 is 40.8. The molecule has 1 N–H and O–H groups in total. The van der Waals surface area contributed by atoms with Crippen LogP contribution < -0.4 is 4.72 Å². The second kappa shape index (κ2) is 7.78. The zero-order chi connectivity index (χ0) is 19.6. The molecule has 1 aliphatic heterocycles. The van der Waals surface area contributed by atoms with E-state index in [2.05, 4.69) is 4.72 Å². The number of sulfonamides is 1. The molecule has 0 aromatic heterocycles. The van der Waals surface area contributed by atoms with Crippen LogP contribution in [-0.4, -0.2) is 32.3 Å². The molecule has 1 fully saturated rings. The van der Waals surface area contributed by atoms with Crippen LogP contribution in [-0.2, 0) is 21.4 Å². The Morgan fingerprint density at radius 3 is 2.56 bits per heavy atom. The lowest BCUT2D eigenvalue weighted by molar-refractivity contribution is -0.128. The van der Waals surface area contributed by atoms with Crippen LogP contribution in [0.25, 0.3) is 0 Å². The summed E-state index contributed by atoms with van der Waals surface area (Å²) in [6, 6.07) is 11.3. The Balaban J connectivity index is 1.61. The summed E-state index contributed by atoms with van der Waals surface area (Å²) in [4.78, 5) is 14.2. The number of hydrogen-bond donors (Lipinski definition) is 1. The van der Waals surface area contributed by atoms with Gasteiger partial charge in [0, 0.05) is 26.1 Å². The van der Waals surface area contributed by atoms with Crippen molar-refractivity contribution in [3.05, 3.63) is 65.0 Å². The van der Waals surface area contributed by atoms with Gasteiger partial charge < -0.3 is 4.90 Å². The maximum Gasteiger partial charge on any atom is 0.240 e. The number of halogens is 1. The lowest BCUT2D eigenvalue weighted by Gasteiger charge is -2.17. The standard InChI is InChI=1S/C20H23FN2O3S/c1-14-3-4-15(2)19(9-14)27(25,26)22-11-17-10-20(24)23(13-17)12-16-5-7-18(21)8-6-16/h3-9,17,22H,10-13H2,1-2H3/t17-/m0/s1. The Kier molecular flexibility index (Phi) is 5.62. The molecule has 2 aromatic carbocycles. The fraction of sp³-hybridized carbons (Fsp3) is 0.350. The summed E-state index contributed by atoms with van der Waals surface area (Å²) in [6.07, 6.45) is 0.302. The molecule has 27 heavy (non-hydrogen) atoms. The third-order valence-corrected chi connectivity index (χ3v) is 6.34. The lowest BCUT2D eigenvalue weighted by atomic mass is 10.1. The average molecular weight is 390 g/mol. The number of hydrogen-bond acceptors (Lipinski definition) is 3. The van der Waals surface area contributed by atoms with E-state index in [-0.39, 0.29) is 29.1 Å². The summed E-state index contributed by atoms with van der Waals surface area (Å²) in [5, 5.41) is 0. The Morgan fingerprint density at radius 2 is 1.85 bits per heavy atom. The number of carbonyl (C=O) groups is 1. The Morgan fingerprint density at radius 1 is 1.15 bits per heavy atom. The number of benzene rings is 2. The van der Waals surface area contributed by atoms with Crippen molar-refractivity contribution in [1.29, 1.82) is 0 Å². The monoisotopic (exact) mass is 390 g/mol. The van der Waals surface area contributed by atoms with E-state index in [1.165, 1.54) is 12.1 Å². The molecule has 5 nitrogen and oxygen atoms in total. The number of nitrogens with zero attached hydrogens (tertiary/aromatic N) is 1. The minimum atomic E-state index is -3.62. The largest absolute Gasteiger partial charge is 0.338 e. The molecule has 1 atom stereocenters. The van der Waals surface area contributed by atoms with Gasteiger partial charge in [0.1, 0.15) is 5.82 Å². The number of amides is 1. The van der Waals surface area contributed by atoms with Crippen LogP contribution in [0.15, 0.2) is 47.4 Å². The molecule has 0 spiro atoms. The predicted octanol–water partition coefficient (Wildman–Crippen LogP) is 2.77. The molecule has 1 aliphatic rings. The van der Waals surface area contributed by atoms with Crippen molar-refractivity contribution in [2.45, 2.75) is 31.7 Å². The fourth-order valence-electron chi connectivity index (χ4n) is 3.26. The molecule has 1 saturated heterocycles. The highest BCUT2D eigenvalue weighted by molar-refractivity contribution is 7.89. The normalized spacial score (nSPS) is 17.5. The number of nitrogens with one attached hydrogen (secondary N) is 1. The second-order valence-corrected chi connectivity index (χ2v) is 8.83. The minimum Gasteiger partial charge on any atom is -0.338 e. The molecule has 1 heterocycles. The number of carbonyl (C=O) groups excluding carboxylic acids is 1.